The van der Waals surface area contributed by atoms with Crippen molar-refractivity contribution in [3.05, 3.63) is 12.3 Å². The van der Waals surface area contributed by atoms with E-state index in [1.807, 2.05) is 13.1 Å². The molecule has 0 saturated carbocycles. The van der Waals surface area contributed by atoms with E-state index >= 15 is 0 Å². The average Bonchev–Trinajstić information content (AvgIpc) is 2.38. The minimum atomic E-state index is 0.622. The van der Waals surface area contributed by atoms with Gasteiger partial charge in [0.1, 0.15) is 5.82 Å². The molecule has 1 unspecified atom stereocenters. The van der Waals surface area contributed by atoms with Gasteiger partial charge in [-0.15, -0.1) is 0 Å². The van der Waals surface area contributed by atoms with Crippen LogP contribution in [0.25, 0.3) is 0 Å². The summed E-state index contributed by atoms with van der Waals surface area (Å²) in [4.78, 5) is 10.9. The number of likely N-dealkylation sites (N-methyl/N-ethyl adjacent to an activating group) is 1. The number of likely N-dealkylation sites (tertiary alicyclic amines) is 1. The van der Waals surface area contributed by atoms with Crippen LogP contribution in [0, 0.1) is 0 Å². The third kappa shape index (κ3) is 3.30. The van der Waals surface area contributed by atoms with Crippen molar-refractivity contribution >= 4 is 11.8 Å². The van der Waals surface area contributed by atoms with Gasteiger partial charge in [0, 0.05) is 25.8 Å². The molecule has 17 heavy (non-hydrogen) atoms. The molecule has 5 nitrogen and oxygen atoms in total. The van der Waals surface area contributed by atoms with Crippen LogP contribution >= 0.6 is 0 Å². The molecule has 1 aliphatic heterocycles. The van der Waals surface area contributed by atoms with Crippen molar-refractivity contribution < 1.29 is 0 Å². The van der Waals surface area contributed by atoms with Gasteiger partial charge in [0.25, 0.3) is 0 Å². The SMILES string of the molecule is CNc1nccc(NCC2CCCCN2C)n1. The highest BCUT2D eigenvalue weighted by Crippen LogP contribution is 2.15. The Balaban J connectivity index is 1.88. The molecule has 0 aromatic carbocycles. The monoisotopic (exact) mass is 235 g/mol. The molecule has 5 heteroatoms. The highest BCUT2D eigenvalue weighted by atomic mass is 15.2. The highest BCUT2D eigenvalue weighted by molar-refractivity contribution is 5.39. The summed E-state index contributed by atoms with van der Waals surface area (Å²) in [5, 5.41) is 6.33. The molecule has 2 N–H and O–H groups in total. The van der Waals surface area contributed by atoms with Gasteiger partial charge in [-0.3, -0.25) is 0 Å². The molecular formula is C12H21N5. The molecule has 1 fully saturated rings. The summed E-state index contributed by atoms with van der Waals surface area (Å²) in [6.45, 7) is 2.16. The normalized spacial score (nSPS) is 21.2. The maximum absolute atomic E-state index is 4.35. The van der Waals surface area contributed by atoms with Crippen LogP contribution in [-0.2, 0) is 0 Å². The van der Waals surface area contributed by atoms with Crippen LogP contribution in [0.4, 0.5) is 11.8 Å². The van der Waals surface area contributed by atoms with Gasteiger partial charge >= 0.3 is 0 Å². The Morgan fingerprint density at radius 2 is 2.35 bits per heavy atom. The zero-order valence-corrected chi connectivity index (χ0v) is 10.6. The first-order valence-corrected chi connectivity index (χ1v) is 6.24. The average molecular weight is 235 g/mol. The summed E-state index contributed by atoms with van der Waals surface area (Å²) in [6, 6.07) is 2.53. The molecule has 0 bridgehead atoms. The summed E-state index contributed by atoms with van der Waals surface area (Å²) in [6.07, 6.45) is 5.70. The lowest BCUT2D eigenvalue weighted by atomic mass is 10.0. The standard InChI is InChI=1S/C12H21N5/c1-13-12-14-7-6-11(16-12)15-9-10-5-3-4-8-17(10)2/h6-7,10H,3-5,8-9H2,1-2H3,(H2,13,14,15,16). The smallest absolute Gasteiger partial charge is 0.224 e. The van der Waals surface area contributed by atoms with Crippen molar-refractivity contribution in [3.63, 3.8) is 0 Å². The van der Waals surface area contributed by atoms with Crippen LogP contribution in [0.5, 0.6) is 0 Å². The molecule has 1 aromatic rings. The molecule has 94 valence electrons. The number of aromatic nitrogens is 2. The van der Waals surface area contributed by atoms with Crippen molar-refractivity contribution in [2.24, 2.45) is 0 Å². The largest absolute Gasteiger partial charge is 0.368 e. The Morgan fingerprint density at radius 1 is 1.47 bits per heavy atom. The van der Waals surface area contributed by atoms with Crippen molar-refractivity contribution in [1.29, 1.82) is 0 Å². The first-order chi connectivity index (χ1) is 8.29. The first kappa shape index (κ1) is 12.1. The minimum Gasteiger partial charge on any atom is -0.368 e. The van der Waals surface area contributed by atoms with Crippen LogP contribution < -0.4 is 10.6 Å². The van der Waals surface area contributed by atoms with Crippen LogP contribution in [0.1, 0.15) is 19.3 Å². The Kier molecular flexibility index (Phi) is 4.14. The second-order valence-corrected chi connectivity index (χ2v) is 4.53. The van der Waals surface area contributed by atoms with E-state index < -0.39 is 0 Å². The lowest BCUT2D eigenvalue weighted by Crippen LogP contribution is -2.40. The zero-order chi connectivity index (χ0) is 12.1. The Morgan fingerprint density at radius 3 is 3.12 bits per heavy atom. The van der Waals surface area contributed by atoms with Crippen molar-refractivity contribution in [3.8, 4) is 0 Å². The van der Waals surface area contributed by atoms with Gasteiger partial charge in [-0.1, -0.05) is 6.42 Å². The number of nitrogens with one attached hydrogen (secondary N) is 2. The van der Waals surface area contributed by atoms with E-state index in [1.54, 1.807) is 6.20 Å². The minimum absolute atomic E-state index is 0.622. The predicted molar refractivity (Wildman–Crippen MR) is 70.3 cm³/mol. The number of nitrogens with zero attached hydrogens (tertiary/aromatic N) is 3. The third-order valence-electron chi connectivity index (χ3n) is 3.32. The topological polar surface area (TPSA) is 53.1 Å². The molecule has 2 heterocycles. The van der Waals surface area contributed by atoms with Gasteiger partial charge < -0.3 is 15.5 Å². The number of anilines is 2. The van der Waals surface area contributed by atoms with Gasteiger partial charge in [0.15, 0.2) is 0 Å². The van der Waals surface area contributed by atoms with E-state index in [1.165, 1.54) is 25.8 Å². The van der Waals surface area contributed by atoms with Crippen molar-refractivity contribution in [2.45, 2.75) is 25.3 Å². The highest BCUT2D eigenvalue weighted by Gasteiger charge is 2.18. The molecule has 0 spiro atoms. The number of piperidine rings is 1. The summed E-state index contributed by atoms with van der Waals surface area (Å²) in [7, 11) is 4.03. The Hall–Kier alpha value is -1.36. The fourth-order valence-electron chi connectivity index (χ4n) is 2.20. The molecular weight excluding hydrogens is 214 g/mol. The number of hydrogen-bond acceptors (Lipinski definition) is 5. The third-order valence-corrected chi connectivity index (χ3v) is 3.32. The second kappa shape index (κ2) is 5.82. The lowest BCUT2D eigenvalue weighted by Gasteiger charge is -2.32. The van der Waals surface area contributed by atoms with Crippen molar-refractivity contribution in [1.82, 2.24) is 14.9 Å². The number of rotatable bonds is 4. The molecule has 0 aliphatic carbocycles. The molecule has 2 rings (SSSR count). The van der Waals surface area contributed by atoms with Crippen LogP contribution in [0.15, 0.2) is 12.3 Å². The van der Waals surface area contributed by atoms with Crippen LogP contribution in [0.3, 0.4) is 0 Å². The zero-order valence-electron chi connectivity index (χ0n) is 10.6. The van der Waals surface area contributed by atoms with Crippen LogP contribution in [-0.4, -0.2) is 48.1 Å². The van der Waals surface area contributed by atoms with E-state index in [0.717, 1.165) is 12.4 Å². The summed E-state index contributed by atoms with van der Waals surface area (Å²) in [5.41, 5.74) is 0. The molecule has 1 aromatic heterocycles. The van der Waals surface area contributed by atoms with Gasteiger partial charge in [-0.05, 0) is 32.5 Å². The fourth-order valence-corrected chi connectivity index (χ4v) is 2.20. The molecule has 1 saturated heterocycles. The van der Waals surface area contributed by atoms with Crippen LogP contribution in [0.2, 0.25) is 0 Å². The Bertz CT molecular complexity index is 355. The maximum Gasteiger partial charge on any atom is 0.224 e. The molecule has 1 atom stereocenters. The number of hydrogen-bond donors (Lipinski definition) is 2. The van der Waals surface area contributed by atoms with Gasteiger partial charge in [-0.2, -0.15) is 4.98 Å². The predicted octanol–water partition coefficient (Wildman–Crippen LogP) is 1.41. The van der Waals surface area contributed by atoms with Crippen molar-refractivity contribution in [2.75, 3.05) is 37.8 Å². The van der Waals surface area contributed by atoms with E-state index in [0.29, 0.717) is 12.0 Å². The summed E-state index contributed by atoms with van der Waals surface area (Å²) >= 11 is 0. The van der Waals surface area contributed by atoms with E-state index in [2.05, 4.69) is 32.5 Å². The van der Waals surface area contributed by atoms with E-state index in [9.17, 15) is 0 Å². The fraction of sp³-hybridized carbons (Fsp3) is 0.667. The van der Waals surface area contributed by atoms with E-state index in [4.69, 9.17) is 0 Å². The molecule has 0 radical (unpaired) electrons. The Labute approximate surface area is 103 Å². The van der Waals surface area contributed by atoms with Gasteiger partial charge in [0.05, 0.1) is 0 Å². The summed E-state index contributed by atoms with van der Waals surface area (Å²) in [5.74, 6) is 1.55. The van der Waals surface area contributed by atoms with E-state index in [-0.39, 0.29) is 0 Å². The molecule has 0 amide bonds. The molecule has 1 aliphatic rings. The van der Waals surface area contributed by atoms with Gasteiger partial charge in [0.2, 0.25) is 5.95 Å². The first-order valence-electron chi connectivity index (χ1n) is 6.24. The second-order valence-electron chi connectivity index (χ2n) is 4.53. The quantitative estimate of drug-likeness (QED) is 0.826. The lowest BCUT2D eigenvalue weighted by molar-refractivity contribution is 0.194. The van der Waals surface area contributed by atoms with Gasteiger partial charge in [-0.25, -0.2) is 4.98 Å². The summed E-state index contributed by atoms with van der Waals surface area (Å²) < 4.78 is 0. The maximum atomic E-state index is 4.35.